The Kier molecular flexibility index (Phi) is 11.6. The van der Waals surface area contributed by atoms with Crippen LogP contribution in [0.4, 0.5) is 22.0 Å². The summed E-state index contributed by atoms with van der Waals surface area (Å²) in [4.78, 5) is 2.31. The Morgan fingerprint density at radius 2 is 1.60 bits per heavy atom. The highest BCUT2D eigenvalue weighted by atomic mass is 32.2. The van der Waals surface area contributed by atoms with Crippen molar-refractivity contribution < 1.29 is 31.8 Å². The summed E-state index contributed by atoms with van der Waals surface area (Å²) in [7, 11) is 2.11. The van der Waals surface area contributed by atoms with Gasteiger partial charge in [0.15, 0.2) is 0 Å². The molecule has 0 radical (unpaired) electrons. The van der Waals surface area contributed by atoms with E-state index in [2.05, 4.69) is 49.2 Å². The molecule has 3 fully saturated rings. The van der Waals surface area contributed by atoms with Crippen molar-refractivity contribution in [3.63, 3.8) is 0 Å². The molecule has 3 saturated carbocycles. The molecule has 4 aliphatic carbocycles. The van der Waals surface area contributed by atoms with Crippen LogP contribution in [0, 0.1) is 22.7 Å². The van der Waals surface area contributed by atoms with Crippen LogP contribution in [0.3, 0.4) is 0 Å². The van der Waals surface area contributed by atoms with Crippen LogP contribution in [-0.4, -0.2) is 59.3 Å². The Morgan fingerprint density at radius 1 is 0.880 bits per heavy atom. The maximum Gasteiger partial charge on any atom is 0.453 e. The van der Waals surface area contributed by atoms with Gasteiger partial charge >= 0.3 is 12.1 Å². The van der Waals surface area contributed by atoms with Crippen LogP contribution in [0.2, 0.25) is 0 Å². The second kappa shape index (κ2) is 15.3. The lowest BCUT2D eigenvalue weighted by Gasteiger charge is -2.59. The van der Waals surface area contributed by atoms with Crippen LogP contribution in [0.1, 0.15) is 113 Å². The predicted octanol–water partition coefficient (Wildman–Crippen LogP) is 10.8. The number of alkyl halides is 5. The minimum Gasteiger partial charge on any atom is -0.489 e. The molecule has 4 atom stereocenters. The van der Waals surface area contributed by atoms with Crippen LogP contribution in [-0.2, 0) is 13.0 Å². The van der Waals surface area contributed by atoms with Gasteiger partial charge < -0.3 is 14.7 Å². The number of hydrogen-bond donors (Lipinski definition) is 1. The summed E-state index contributed by atoms with van der Waals surface area (Å²) in [5, 5.41) is 11.8. The van der Waals surface area contributed by atoms with E-state index in [1.807, 2.05) is 18.2 Å². The molecule has 6 rings (SSSR count). The van der Waals surface area contributed by atoms with E-state index in [1.54, 1.807) is 0 Å². The molecule has 2 bridgehead atoms. The van der Waals surface area contributed by atoms with Crippen molar-refractivity contribution in [2.24, 2.45) is 22.7 Å². The number of ether oxygens (including phenoxy) is 1. The molecule has 3 nitrogen and oxygen atoms in total. The number of aliphatic hydroxyl groups is 1. The monoisotopic (exact) mass is 721 g/mol. The van der Waals surface area contributed by atoms with Gasteiger partial charge in [0.05, 0.1) is 5.60 Å². The SMILES string of the molecule is CN(CCCCC[C@@H]1Cc2cc(OCc3ccccc3)ccc2[C@H]2CC[C@]3(C)C4(O)CCC3(CC4)[C@H]12)CCCSCCCC(F)(F)C(F)(F)F. The molecule has 0 aromatic heterocycles. The molecule has 0 aliphatic heterocycles. The fraction of sp³-hybridized carbons (Fsp3) is 0.707. The molecule has 0 unspecified atom stereocenters. The van der Waals surface area contributed by atoms with E-state index in [9.17, 15) is 27.1 Å². The van der Waals surface area contributed by atoms with Crippen molar-refractivity contribution >= 4 is 11.8 Å². The summed E-state index contributed by atoms with van der Waals surface area (Å²) >= 11 is 1.46. The van der Waals surface area contributed by atoms with Gasteiger partial charge in [0.2, 0.25) is 0 Å². The number of thioether (sulfide) groups is 1. The van der Waals surface area contributed by atoms with Crippen molar-refractivity contribution in [1.82, 2.24) is 4.90 Å². The summed E-state index contributed by atoms with van der Waals surface area (Å²) < 4.78 is 69.4. The molecule has 0 heterocycles. The Balaban J connectivity index is 1.00. The average molecular weight is 722 g/mol. The first-order valence-electron chi connectivity index (χ1n) is 19.0. The number of nitrogens with zero attached hydrogens (tertiary/aromatic N) is 1. The maximum atomic E-state index is 13.1. The van der Waals surface area contributed by atoms with Crippen LogP contribution in [0.5, 0.6) is 5.75 Å². The van der Waals surface area contributed by atoms with E-state index in [1.165, 1.54) is 47.7 Å². The first-order chi connectivity index (χ1) is 23.8. The second-order valence-electron chi connectivity index (χ2n) is 16.2. The van der Waals surface area contributed by atoms with Gasteiger partial charge in [0, 0.05) is 11.8 Å². The minimum atomic E-state index is -5.46. The van der Waals surface area contributed by atoms with E-state index in [0.29, 0.717) is 30.1 Å². The third-order valence-corrected chi connectivity index (χ3v) is 14.7. The van der Waals surface area contributed by atoms with Crippen molar-refractivity contribution in [1.29, 1.82) is 0 Å². The zero-order chi connectivity index (χ0) is 35.6. The van der Waals surface area contributed by atoms with Gasteiger partial charge in [-0.05, 0) is 154 Å². The summed E-state index contributed by atoms with van der Waals surface area (Å²) in [6, 6.07) is 17.2. The Labute approximate surface area is 300 Å². The largest absolute Gasteiger partial charge is 0.489 e. The van der Waals surface area contributed by atoms with Gasteiger partial charge in [-0.2, -0.15) is 33.7 Å². The number of hydrogen-bond acceptors (Lipinski definition) is 4. The summed E-state index contributed by atoms with van der Waals surface area (Å²) in [5.74, 6) is -0.793. The molecule has 2 aromatic carbocycles. The summed E-state index contributed by atoms with van der Waals surface area (Å²) in [6.07, 6.45) is 6.44. The highest BCUT2D eigenvalue weighted by molar-refractivity contribution is 7.99. The molecular formula is C41H56F5NO2S. The Morgan fingerprint density at radius 3 is 2.34 bits per heavy atom. The van der Waals surface area contributed by atoms with E-state index >= 15 is 0 Å². The van der Waals surface area contributed by atoms with Gasteiger partial charge in [-0.1, -0.05) is 56.2 Å². The lowest BCUT2D eigenvalue weighted by atomic mass is 9.45. The van der Waals surface area contributed by atoms with Crippen molar-refractivity contribution in [3.8, 4) is 5.75 Å². The average Bonchev–Trinajstić information content (AvgIpc) is 3.46. The van der Waals surface area contributed by atoms with Gasteiger partial charge in [0.1, 0.15) is 12.4 Å². The number of fused-ring (bicyclic) bond motifs is 3. The highest BCUT2D eigenvalue weighted by Gasteiger charge is 2.74. The van der Waals surface area contributed by atoms with Gasteiger partial charge in [-0.25, -0.2) is 0 Å². The van der Waals surface area contributed by atoms with Crippen molar-refractivity contribution in [2.75, 3.05) is 31.6 Å². The molecule has 0 amide bonds. The maximum absolute atomic E-state index is 13.1. The topological polar surface area (TPSA) is 32.7 Å². The fourth-order valence-corrected chi connectivity index (χ4v) is 11.7. The molecule has 278 valence electrons. The van der Waals surface area contributed by atoms with Crippen LogP contribution < -0.4 is 4.74 Å². The number of unbranched alkanes of at least 4 members (excludes halogenated alkanes) is 2. The zero-order valence-corrected chi connectivity index (χ0v) is 30.7. The number of halogens is 5. The fourth-order valence-electron chi connectivity index (χ4n) is 10.8. The van der Waals surface area contributed by atoms with E-state index in [0.717, 1.165) is 82.4 Å². The molecule has 9 heteroatoms. The second-order valence-corrected chi connectivity index (χ2v) is 17.4. The number of benzene rings is 2. The zero-order valence-electron chi connectivity index (χ0n) is 29.9. The molecule has 50 heavy (non-hydrogen) atoms. The molecular weight excluding hydrogens is 666 g/mol. The third kappa shape index (κ3) is 7.48. The highest BCUT2D eigenvalue weighted by Crippen LogP contribution is 2.78. The van der Waals surface area contributed by atoms with Gasteiger partial charge in [-0.3, -0.25) is 0 Å². The molecule has 2 aromatic rings. The normalized spacial score (nSPS) is 30.3. The van der Waals surface area contributed by atoms with Crippen LogP contribution >= 0.6 is 11.8 Å². The van der Waals surface area contributed by atoms with E-state index in [4.69, 9.17) is 4.74 Å². The lowest BCUT2D eigenvalue weighted by Crippen LogP contribution is -2.54. The quantitative estimate of drug-likeness (QED) is 0.130. The molecule has 4 aliphatic rings. The van der Waals surface area contributed by atoms with Crippen LogP contribution in [0.15, 0.2) is 48.5 Å². The first-order valence-corrected chi connectivity index (χ1v) is 20.2. The van der Waals surface area contributed by atoms with Gasteiger partial charge in [-0.15, -0.1) is 0 Å². The van der Waals surface area contributed by atoms with E-state index in [-0.39, 0.29) is 17.3 Å². The van der Waals surface area contributed by atoms with E-state index < -0.39 is 24.1 Å². The lowest BCUT2D eigenvalue weighted by molar-refractivity contribution is -0.284. The summed E-state index contributed by atoms with van der Waals surface area (Å²) in [5.41, 5.74) is 3.90. The Bertz CT molecular complexity index is 1410. The Hall–Kier alpha value is -1.84. The predicted molar refractivity (Wildman–Crippen MR) is 192 cm³/mol. The third-order valence-electron chi connectivity index (χ3n) is 13.5. The smallest absolute Gasteiger partial charge is 0.453 e. The summed E-state index contributed by atoms with van der Waals surface area (Å²) in [6.45, 7) is 4.89. The standard InChI is InChI=1S/C41H56F5NO2S/c1-37-18-16-35-34-15-14-33(49-29-30-11-5-3-6-12-30)28-32(34)27-31(36(35)38(37)19-21-39(37,48)22-20-38)13-7-4-8-23-47(2)24-10-26-50-25-9-17-40(42,43)41(44,45)46/h3,5-6,11-12,14-15,28,31,35-36,48H,4,7-10,13,16-27,29H2,1-2H3/t31-,35-,36-,37+,38?,39?/m1/s1. The first kappa shape index (κ1) is 37.9. The minimum absolute atomic E-state index is 0.0187. The van der Waals surface area contributed by atoms with Gasteiger partial charge in [0.25, 0.3) is 0 Å². The molecule has 1 N–H and O–H groups in total. The van der Waals surface area contributed by atoms with Crippen LogP contribution in [0.25, 0.3) is 0 Å². The molecule has 0 spiro atoms. The van der Waals surface area contributed by atoms with Crippen molar-refractivity contribution in [3.05, 3.63) is 65.2 Å². The van der Waals surface area contributed by atoms with Crippen molar-refractivity contribution in [2.45, 2.75) is 127 Å². The number of rotatable bonds is 17. The molecule has 0 saturated heterocycles.